The number of aromatic hydroxyl groups is 1. The summed E-state index contributed by atoms with van der Waals surface area (Å²) >= 11 is 0. The molecule has 8 nitrogen and oxygen atoms in total. The fraction of sp³-hybridized carbons (Fsp3) is 0.324. The molecule has 0 saturated heterocycles. The zero-order valence-corrected chi connectivity index (χ0v) is 24.9. The summed E-state index contributed by atoms with van der Waals surface area (Å²) in [4.78, 5) is 34.8. The van der Waals surface area contributed by atoms with Gasteiger partial charge in [0.15, 0.2) is 5.88 Å². The van der Waals surface area contributed by atoms with Crippen molar-refractivity contribution in [3.8, 4) is 5.88 Å². The lowest BCUT2D eigenvalue weighted by Gasteiger charge is -2.27. The van der Waals surface area contributed by atoms with E-state index in [0.717, 1.165) is 29.4 Å². The first-order valence-electron chi connectivity index (χ1n) is 14.3. The van der Waals surface area contributed by atoms with Crippen LogP contribution >= 0.6 is 0 Å². The topological polar surface area (TPSA) is 104 Å². The summed E-state index contributed by atoms with van der Waals surface area (Å²) in [5, 5.41) is 11.7. The van der Waals surface area contributed by atoms with Crippen molar-refractivity contribution < 1.29 is 24.2 Å². The van der Waals surface area contributed by atoms with Crippen molar-refractivity contribution in [3.05, 3.63) is 95.1 Å². The van der Waals surface area contributed by atoms with E-state index < -0.39 is 11.6 Å². The number of hydrogen-bond donors (Lipinski definition) is 2. The second kappa shape index (κ2) is 13.4. The minimum atomic E-state index is -0.567. The number of esters is 1. The number of fused-ring (bicyclic) bond motifs is 1. The van der Waals surface area contributed by atoms with Crippen LogP contribution in [0.15, 0.2) is 77.8 Å². The Morgan fingerprint density at radius 3 is 2.31 bits per heavy atom. The standard InChI is InChI=1S/C34H39N3O5/c1-6-8-20-37(33(40)42-34(3,4)5)22-23-14-17-26(18-15-23)35-30(24-12-10-9-11-13-24)29-27-19-16-25(32(39)41-7-2)21-28(27)36-31(29)38/h9-19,21,36,38H,6-8,20,22H2,1-5H3. The first kappa shape index (κ1) is 30.4. The number of rotatable bonds is 10. The quantitative estimate of drug-likeness (QED) is 0.150. The number of unbranched alkanes of at least 4 members (excludes halogenated alkanes) is 1. The van der Waals surface area contributed by atoms with Crippen LogP contribution in [0.3, 0.4) is 0 Å². The van der Waals surface area contributed by atoms with Crippen LogP contribution in [-0.2, 0) is 16.0 Å². The summed E-state index contributed by atoms with van der Waals surface area (Å²) < 4.78 is 10.8. The zero-order chi connectivity index (χ0) is 30.3. The van der Waals surface area contributed by atoms with Gasteiger partial charge in [-0.2, -0.15) is 0 Å². The lowest BCUT2D eigenvalue weighted by molar-refractivity contribution is 0.0231. The van der Waals surface area contributed by atoms with E-state index in [2.05, 4.69) is 11.9 Å². The predicted octanol–water partition coefficient (Wildman–Crippen LogP) is 7.76. The molecule has 0 aliphatic rings. The van der Waals surface area contributed by atoms with E-state index in [-0.39, 0.29) is 18.6 Å². The van der Waals surface area contributed by atoms with E-state index in [0.29, 0.717) is 41.1 Å². The van der Waals surface area contributed by atoms with E-state index in [1.807, 2.05) is 75.4 Å². The van der Waals surface area contributed by atoms with Crippen LogP contribution in [0.5, 0.6) is 5.88 Å². The number of nitrogens with zero attached hydrogens (tertiary/aromatic N) is 2. The van der Waals surface area contributed by atoms with Crippen molar-refractivity contribution in [1.29, 1.82) is 0 Å². The second-order valence-electron chi connectivity index (χ2n) is 11.1. The van der Waals surface area contributed by atoms with Crippen molar-refractivity contribution >= 4 is 34.4 Å². The summed E-state index contributed by atoms with van der Waals surface area (Å²) in [5.41, 5.74) is 4.00. The third-order valence-corrected chi connectivity index (χ3v) is 6.56. The number of aromatic amines is 1. The molecule has 0 atom stereocenters. The molecule has 0 unspecified atom stereocenters. The molecular formula is C34H39N3O5. The van der Waals surface area contributed by atoms with Crippen molar-refractivity contribution in [2.24, 2.45) is 4.99 Å². The Morgan fingerprint density at radius 2 is 1.67 bits per heavy atom. The van der Waals surface area contributed by atoms with Crippen molar-refractivity contribution in [3.63, 3.8) is 0 Å². The highest BCUT2D eigenvalue weighted by molar-refractivity contribution is 6.22. The van der Waals surface area contributed by atoms with Crippen LogP contribution in [0.4, 0.5) is 10.5 Å². The maximum absolute atomic E-state index is 12.8. The SMILES string of the molecule is CCCCN(Cc1ccc(N=C(c2ccccc2)c2c(O)[nH]c3cc(C(=O)OCC)ccc23)cc1)C(=O)OC(C)(C)C. The number of amides is 1. The molecule has 0 spiro atoms. The summed E-state index contributed by atoms with van der Waals surface area (Å²) in [6.07, 6.45) is 1.53. The van der Waals surface area contributed by atoms with Crippen LogP contribution < -0.4 is 0 Å². The molecule has 3 aromatic carbocycles. The van der Waals surface area contributed by atoms with Gasteiger partial charge >= 0.3 is 12.1 Å². The first-order valence-corrected chi connectivity index (χ1v) is 14.3. The minimum absolute atomic E-state index is 0.0471. The average Bonchev–Trinajstić information content (AvgIpc) is 3.29. The van der Waals surface area contributed by atoms with E-state index in [9.17, 15) is 14.7 Å². The fourth-order valence-electron chi connectivity index (χ4n) is 4.56. The normalized spacial score (nSPS) is 11.9. The van der Waals surface area contributed by atoms with E-state index in [1.165, 1.54) is 0 Å². The molecule has 0 saturated carbocycles. The molecule has 4 rings (SSSR count). The number of hydrogen-bond acceptors (Lipinski definition) is 6. The monoisotopic (exact) mass is 569 g/mol. The first-order chi connectivity index (χ1) is 20.1. The maximum Gasteiger partial charge on any atom is 0.410 e. The van der Waals surface area contributed by atoms with Crippen LogP contribution in [0.2, 0.25) is 0 Å². The van der Waals surface area contributed by atoms with Crippen molar-refractivity contribution in [2.45, 2.75) is 59.6 Å². The number of carbonyl (C=O) groups is 2. The number of aliphatic imine (C=N–C) groups is 1. The molecule has 4 aromatic rings. The summed E-state index contributed by atoms with van der Waals surface area (Å²) in [5.74, 6) is -0.471. The largest absolute Gasteiger partial charge is 0.494 e. The molecule has 2 N–H and O–H groups in total. The molecule has 1 heterocycles. The molecule has 0 aliphatic heterocycles. The van der Waals surface area contributed by atoms with Gasteiger partial charge in [0.2, 0.25) is 0 Å². The van der Waals surface area contributed by atoms with Crippen LogP contribution in [0, 0.1) is 0 Å². The number of ether oxygens (including phenoxy) is 2. The molecule has 8 heteroatoms. The van der Waals surface area contributed by atoms with Gasteiger partial charge in [-0.05, 0) is 63.9 Å². The molecule has 1 amide bonds. The van der Waals surface area contributed by atoms with Crippen molar-refractivity contribution in [2.75, 3.05) is 13.2 Å². The van der Waals surface area contributed by atoms with E-state index >= 15 is 0 Å². The molecule has 220 valence electrons. The highest BCUT2D eigenvalue weighted by atomic mass is 16.6. The van der Waals surface area contributed by atoms with Gasteiger partial charge in [-0.3, -0.25) is 0 Å². The molecule has 0 aliphatic carbocycles. The fourth-order valence-corrected chi connectivity index (χ4v) is 4.56. The van der Waals surface area contributed by atoms with Gasteiger partial charge in [-0.15, -0.1) is 0 Å². The third kappa shape index (κ3) is 7.57. The zero-order valence-electron chi connectivity index (χ0n) is 24.9. The highest BCUT2D eigenvalue weighted by Crippen LogP contribution is 2.32. The molecule has 1 aromatic heterocycles. The third-order valence-electron chi connectivity index (χ3n) is 6.56. The van der Waals surface area contributed by atoms with E-state index in [1.54, 1.807) is 30.0 Å². The van der Waals surface area contributed by atoms with E-state index in [4.69, 9.17) is 14.5 Å². The maximum atomic E-state index is 12.8. The Kier molecular flexibility index (Phi) is 9.68. The Labute approximate surface area is 247 Å². The molecule has 0 bridgehead atoms. The summed E-state index contributed by atoms with van der Waals surface area (Å²) in [7, 11) is 0. The van der Waals surface area contributed by atoms with Gasteiger partial charge < -0.3 is 24.5 Å². The lowest BCUT2D eigenvalue weighted by Crippen LogP contribution is -2.37. The predicted molar refractivity (Wildman–Crippen MR) is 166 cm³/mol. The van der Waals surface area contributed by atoms with Crippen LogP contribution in [-0.4, -0.2) is 51.5 Å². The Bertz CT molecular complexity index is 1550. The number of aromatic nitrogens is 1. The number of nitrogens with one attached hydrogen (secondary N) is 1. The smallest absolute Gasteiger partial charge is 0.410 e. The van der Waals surface area contributed by atoms with Crippen LogP contribution in [0.1, 0.15) is 74.5 Å². The van der Waals surface area contributed by atoms with Gasteiger partial charge in [0, 0.05) is 29.6 Å². The molecule has 0 fully saturated rings. The van der Waals surface area contributed by atoms with Gasteiger partial charge in [0.05, 0.1) is 29.1 Å². The molecular weight excluding hydrogens is 530 g/mol. The summed E-state index contributed by atoms with van der Waals surface area (Å²) in [6.45, 7) is 10.8. The number of carbonyl (C=O) groups excluding carboxylic acids is 2. The van der Waals surface area contributed by atoms with Gasteiger partial charge in [-0.25, -0.2) is 14.6 Å². The van der Waals surface area contributed by atoms with Gasteiger partial charge in [-0.1, -0.05) is 61.9 Å². The molecule has 0 radical (unpaired) electrons. The number of benzene rings is 3. The number of H-pyrrole nitrogens is 1. The Balaban J connectivity index is 1.68. The Hall–Kier alpha value is -4.59. The Morgan fingerprint density at radius 1 is 0.952 bits per heavy atom. The minimum Gasteiger partial charge on any atom is -0.494 e. The van der Waals surface area contributed by atoms with Crippen LogP contribution in [0.25, 0.3) is 10.9 Å². The van der Waals surface area contributed by atoms with Gasteiger partial charge in [0.25, 0.3) is 0 Å². The second-order valence-corrected chi connectivity index (χ2v) is 11.1. The summed E-state index contributed by atoms with van der Waals surface area (Å²) in [6, 6.07) is 22.5. The van der Waals surface area contributed by atoms with Crippen molar-refractivity contribution in [1.82, 2.24) is 9.88 Å². The average molecular weight is 570 g/mol. The molecule has 42 heavy (non-hydrogen) atoms. The highest BCUT2D eigenvalue weighted by Gasteiger charge is 2.23. The van der Waals surface area contributed by atoms with Gasteiger partial charge in [0.1, 0.15) is 5.60 Å². The lowest BCUT2D eigenvalue weighted by atomic mass is 10.00.